The summed E-state index contributed by atoms with van der Waals surface area (Å²) < 4.78 is 0. The molecule has 0 bridgehead atoms. The Hall–Kier alpha value is -2.56. The summed E-state index contributed by atoms with van der Waals surface area (Å²) in [6, 6.07) is 18.8. The van der Waals surface area contributed by atoms with Crippen LogP contribution in [-0.2, 0) is 6.54 Å². The molecule has 27 heavy (non-hydrogen) atoms. The highest BCUT2D eigenvalue weighted by Gasteiger charge is 2.23. The molecule has 0 aromatic heterocycles. The summed E-state index contributed by atoms with van der Waals surface area (Å²) in [7, 11) is 0. The second-order valence-electron chi connectivity index (χ2n) is 6.86. The van der Waals surface area contributed by atoms with Crippen LogP contribution in [0.25, 0.3) is 10.8 Å². The Bertz CT molecular complexity index is 964. The molecule has 4 rings (SSSR count). The number of nitrogens with zero attached hydrogens (tertiary/aromatic N) is 2. The van der Waals surface area contributed by atoms with Crippen LogP contribution >= 0.6 is 11.6 Å². The monoisotopic (exact) mass is 380 g/mol. The molecule has 1 aliphatic rings. The van der Waals surface area contributed by atoms with Crippen molar-refractivity contribution in [2.45, 2.75) is 6.54 Å². The van der Waals surface area contributed by atoms with Crippen LogP contribution in [0.1, 0.15) is 15.9 Å². The van der Waals surface area contributed by atoms with E-state index in [1.165, 1.54) is 0 Å². The maximum Gasteiger partial charge on any atom is 0.253 e. The van der Waals surface area contributed by atoms with Crippen molar-refractivity contribution in [3.05, 3.63) is 76.8 Å². The minimum atomic E-state index is 0.0410. The number of halogens is 1. The highest BCUT2D eigenvalue weighted by molar-refractivity contribution is 6.30. The number of rotatable bonds is 3. The van der Waals surface area contributed by atoms with Gasteiger partial charge in [0.25, 0.3) is 5.91 Å². The fourth-order valence-electron chi connectivity index (χ4n) is 3.60. The van der Waals surface area contributed by atoms with Crippen LogP contribution in [0.2, 0.25) is 5.02 Å². The van der Waals surface area contributed by atoms with Gasteiger partial charge in [-0.15, -0.1) is 0 Å². The smallest absolute Gasteiger partial charge is 0.253 e. The van der Waals surface area contributed by atoms with Crippen molar-refractivity contribution in [1.82, 2.24) is 9.80 Å². The third-order valence-electron chi connectivity index (χ3n) is 5.15. The largest absolute Gasteiger partial charge is 0.508 e. The van der Waals surface area contributed by atoms with Crippen LogP contribution in [0.15, 0.2) is 60.7 Å². The van der Waals surface area contributed by atoms with Gasteiger partial charge in [0.2, 0.25) is 0 Å². The molecule has 0 spiro atoms. The molecule has 138 valence electrons. The molecule has 3 aromatic carbocycles. The van der Waals surface area contributed by atoms with Crippen LogP contribution < -0.4 is 0 Å². The number of fused-ring (bicyclic) bond motifs is 1. The topological polar surface area (TPSA) is 43.8 Å². The van der Waals surface area contributed by atoms with Crippen molar-refractivity contribution in [2.24, 2.45) is 0 Å². The molecule has 0 saturated carbocycles. The van der Waals surface area contributed by atoms with Gasteiger partial charge < -0.3 is 10.0 Å². The molecule has 1 amide bonds. The van der Waals surface area contributed by atoms with Gasteiger partial charge >= 0.3 is 0 Å². The molecule has 1 saturated heterocycles. The van der Waals surface area contributed by atoms with Gasteiger partial charge in [-0.05, 0) is 41.1 Å². The number of hydrogen-bond acceptors (Lipinski definition) is 3. The minimum Gasteiger partial charge on any atom is -0.508 e. The van der Waals surface area contributed by atoms with Crippen LogP contribution in [0, 0.1) is 0 Å². The number of phenolic OH excluding ortho intramolecular Hbond substituents is 1. The van der Waals surface area contributed by atoms with E-state index in [0.29, 0.717) is 36.0 Å². The molecule has 0 radical (unpaired) electrons. The lowest BCUT2D eigenvalue weighted by atomic mass is 10.0. The van der Waals surface area contributed by atoms with Crippen molar-refractivity contribution < 1.29 is 9.90 Å². The van der Waals surface area contributed by atoms with E-state index >= 15 is 0 Å². The first kappa shape index (κ1) is 17.8. The van der Waals surface area contributed by atoms with E-state index in [1.54, 1.807) is 30.3 Å². The predicted octanol–water partition coefficient (Wildman–Crippen LogP) is 4.16. The predicted molar refractivity (Wildman–Crippen MR) is 108 cm³/mol. The van der Waals surface area contributed by atoms with Gasteiger partial charge in [0.1, 0.15) is 5.75 Å². The van der Waals surface area contributed by atoms with E-state index in [9.17, 15) is 9.90 Å². The summed E-state index contributed by atoms with van der Waals surface area (Å²) in [4.78, 5) is 16.8. The number of piperazine rings is 1. The lowest BCUT2D eigenvalue weighted by Crippen LogP contribution is -2.48. The van der Waals surface area contributed by atoms with Gasteiger partial charge in [-0.2, -0.15) is 0 Å². The van der Waals surface area contributed by atoms with E-state index in [0.717, 1.165) is 29.4 Å². The average Bonchev–Trinajstić information content (AvgIpc) is 2.71. The van der Waals surface area contributed by atoms with E-state index in [-0.39, 0.29) is 5.91 Å². The summed E-state index contributed by atoms with van der Waals surface area (Å²) in [5, 5.41) is 13.2. The number of benzene rings is 3. The molecule has 0 unspecified atom stereocenters. The number of amides is 1. The van der Waals surface area contributed by atoms with E-state index < -0.39 is 0 Å². The zero-order valence-electron chi connectivity index (χ0n) is 14.9. The molecular formula is C22H21ClN2O2. The average molecular weight is 381 g/mol. The second-order valence-corrected chi connectivity index (χ2v) is 7.30. The molecule has 4 nitrogen and oxygen atoms in total. The quantitative estimate of drug-likeness (QED) is 0.742. The van der Waals surface area contributed by atoms with Gasteiger partial charge in [0, 0.05) is 48.9 Å². The Morgan fingerprint density at radius 3 is 2.37 bits per heavy atom. The SMILES string of the molecule is O=C(c1ccc(Cl)cc1)N1CCN(Cc2c(O)ccc3ccccc23)CC1. The number of phenols is 1. The molecular weight excluding hydrogens is 360 g/mol. The van der Waals surface area contributed by atoms with Crippen molar-refractivity contribution in [1.29, 1.82) is 0 Å². The third-order valence-corrected chi connectivity index (χ3v) is 5.40. The van der Waals surface area contributed by atoms with Crippen LogP contribution in [0.5, 0.6) is 5.75 Å². The summed E-state index contributed by atoms with van der Waals surface area (Å²) in [5.74, 6) is 0.368. The normalized spacial score (nSPS) is 15.2. The van der Waals surface area contributed by atoms with Crippen molar-refractivity contribution >= 4 is 28.3 Å². The summed E-state index contributed by atoms with van der Waals surface area (Å²) in [5.41, 5.74) is 1.62. The van der Waals surface area contributed by atoms with Gasteiger partial charge in [0.05, 0.1) is 0 Å². The highest BCUT2D eigenvalue weighted by atomic mass is 35.5. The standard InChI is InChI=1S/C22H21ClN2O2/c23-18-8-5-17(6-9-18)22(27)25-13-11-24(12-14-25)15-20-19-4-2-1-3-16(19)7-10-21(20)26/h1-10,26H,11-15H2. The number of aromatic hydroxyl groups is 1. The molecule has 5 heteroatoms. The van der Waals surface area contributed by atoms with Crippen molar-refractivity contribution in [3.8, 4) is 5.75 Å². The lowest BCUT2D eigenvalue weighted by molar-refractivity contribution is 0.0628. The van der Waals surface area contributed by atoms with Crippen LogP contribution in [0.4, 0.5) is 0 Å². The molecule has 1 heterocycles. The first-order valence-electron chi connectivity index (χ1n) is 9.08. The highest BCUT2D eigenvalue weighted by Crippen LogP contribution is 2.28. The Morgan fingerprint density at radius 1 is 0.926 bits per heavy atom. The fourth-order valence-corrected chi connectivity index (χ4v) is 3.72. The Kier molecular flexibility index (Phi) is 5.01. The lowest BCUT2D eigenvalue weighted by Gasteiger charge is -2.35. The van der Waals surface area contributed by atoms with Gasteiger partial charge in [-0.3, -0.25) is 9.69 Å². The van der Waals surface area contributed by atoms with Crippen molar-refractivity contribution in [2.75, 3.05) is 26.2 Å². The number of carbonyl (C=O) groups is 1. The zero-order chi connectivity index (χ0) is 18.8. The Morgan fingerprint density at radius 2 is 1.63 bits per heavy atom. The maximum atomic E-state index is 12.6. The second kappa shape index (κ2) is 7.59. The molecule has 3 aromatic rings. The van der Waals surface area contributed by atoms with Crippen molar-refractivity contribution in [3.63, 3.8) is 0 Å². The molecule has 1 N–H and O–H groups in total. The molecule has 1 fully saturated rings. The fraction of sp³-hybridized carbons (Fsp3) is 0.227. The summed E-state index contributed by atoms with van der Waals surface area (Å²) in [6.45, 7) is 3.58. The molecule has 0 aliphatic carbocycles. The van der Waals surface area contributed by atoms with E-state index in [4.69, 9.17) is 11.6 Å². The first-order chi connectivity index (χ1) is 13.1. The van der Waals surface area contributed by atoms with Crippen LogP contribution in [0.3, 0.4) is 0 Å². The van der Waals surface area contributed by atoms with E-state index in [1.807, 2.05) is 29.2 Å². The van der Waals surface area contributed by atoms with Gasteiger partial charge in [-0.25, -0.2) is 0 Å². The zero-order valence-corrected chi connectivity index (χ0v) is 15.7. The number of carbonyl (C=O) groups excluding carboxylic acids is 1. The molecule has 0 atom stereocenters. The summed E-state index contributed by atoms with van der Waals surface area (Å²) in [6.07, 6.45) is 0. The Balaban J connectivity index is 1.44. The van der Waals surface area contributed by atoms with Gasteiger partial charge in [0.15, 0.2) is 0 Å². The minimum absolute atomic E-state index is 0.0410. The van der Waals surface area contributed by atoms with Crippen LogP contribution in [-0.4, -0.2) is 47.0 Å². The molecule has 1 aliphatic heterocycles. The van der Waals surface area contributed by atoms with Gasteiger partial charge in [-0.1, -0.05) is 41.9 Å². The third kappa shape index (κ3) is 3.77. The Labute approximate surface area is 163 Å². The van der Waals surface area contributed by atoms with E-state index in [2.05, 4.69) is 11.0 Å². The summed E-state index contributed by atoms with van der Waals surface area (Å²) >= 11 is 5.90. The number of hydrogen-bond donors (Lipinski definition) is 1. The first-order valence-corrected chi connectivity index (χ1v) is 9.46. The maximum absolute atomic E-state index is 12.6.